The van der Waals surface area contributed by atoms with Crippen LogP contribution in [0.2, 0.25) is 0 Å². The van der Waals surface area contributed by atoms with Crippen LogP contribution in [0.5, 0.6) is 0 Å². The summed E-state index contributed by atoms with van der Waals surface area (Å²) in [5, 5.41) is 0. The Morgan fingerprint density at radius 1 is 0.920 bits per heavy atom. The minimum Gasteiger partial charge on any atom is -0.330 e. The molecule has 0 aliphatic heterocycles. The van der Waals surface area contributed by atoms with Gasteiger partial charge in [0.15, 0.2) is 11.2 Å². The van der Waals surface area contributed by atoms with Crippen molar-refractivity contribution in [3.05, 3.63) is 27.2 Å². The Morgan fingerprint density at radius 3 is 2.08 bits per heavy atom. The molecule has 0 amide bonds. The van der Waals surface area contributed by atoms with Crippen LogP contribution in [0.3, 0.4) is 0 Å². The number of aromatic nitrogens is 4. The molecule has 0 bridgehead atoms. The molecule has 0 unspecified atom stereocenters. The van der Waals surface area contributed by atoms with E-state index in [0.717, 1.165) is 32.2 Å². The maximum absolute atomic E-state index is 12.6. The van der Waals surface area contributed by atoms with Gasteiger partial charge in [0.05, 0.1) is 6.33 Å². The van der Waals surface area contributed by atoms with Crippen molar-refractivity contribution < 1.29 is 0 Å². The molecule has 2 heterocycles. The first-order chi connectivity index (χ1) is 12.1. The van der Waals surface area contributed by atoms with Gasteiger partial charge in [-0.1, -0.05) is 44.9 Å². The Labute approximate surface area is 148 Å². The van der Waals surface area contributed by atoms with Gasteiger partial charge in [0, 0.05) is 20.6 Å². The smallest absolute Gasteiger partial charge is 0.330 e. The number of aryl methyl sites for hydroxylation is 2. The highest BCUT2D eigenvalue weighted by Crippen LogP contribution is 2.10. The highest BCUT2D eigenvalue weighted by molar-refractivity contribution is 5.69. The molecule has 2 rings (SSSR count). The van der Waals surface area contributed by atoms with E-state index >= 15 is 0 Å². The summed E-state index contributed by atoms with van der Waals surface area (Å²) in [6.45, 7) is 1.27. The molecule has 25 heavy (non-hydrogen) atoms. The molecule has 2 N–H and O–H groups in total. The normalized spacial score (nSPS) is 11.5. The van der Waals surface area contributed by atoms with Crippen LogP contribution < -0.4 is 17.0 Å². The average Bonchev–Trinajstić information content (AvgIpc) is 2.99. The fourth-order valence-corrected chi connectivity index (χ4v) is 3.25. The van der Waals surface area contributed by atoms with Crippen molar-refractivity contribution in [1.29, 1.82) is 0 Å². The number of nitrogens with zero attached hydrogens (tertiary/aromatic N) is 4. The van der Waals surface area contributed by atoms with E-state index in [0.29, 0.717) is 17.7 Å². The molecule has 7 heteroatoms. The molecule has 0 fully saturated rings. The Bertz CT molecular complexity index is 787. The SMILES string of the molecule is Cn1cnc2c1c(=O)n(CCCCCCCCCCCN)c(=O)n2C. The van der Waals surface area contributed by atoms with Gasteiger partial charge in [-0.05, 0) is 19.4 Å². The van der Waals surface area contributed by atoms with Crippen LogP contribution in [0.25, 0.3) is 11.2 Å². The average molecular weight is 349 g/mol. The maximum atomic E-state index is 12.6. The molecular formula is C18H31N5O2. The largest absolute Gasteiger partial charge is 0.332 e. The first kappa shape index (κ1) is 19.4. The maximum Gasteiger partial charge on any atom is 0.332 e. The van der Waals surface area contributed by atoms with Crippen LogP contribution in [-0.2, 0) is 20.6 Å². The Hall–Kier alpha value is -1.89. The summed E-state index contributed by atoms with van der Waals surface area (Å²) >= 11 is 0. The number of hydrogen-bond acceptors (Lipinski definition) is 4. The minimum absolute atomic E-state index is 0.238. The van der Waals surface area contributed by atoms with Crippen LogP contribution in [0.4, 0.5) is 0 Å². The summed E-state index contributed by atoms with van der Waals surface area (Å²) in [4.78, 5) is 29.1. The quantitative estimate of drug-likeness (QED) is 0.628. The predicted octanol–water partition coefficient (Wildman–Crippen LogP) is 1.90. The fraction of sp³-hybridized carbons (Fsp3) is 0.722. The van der Waals surface area contributed by atoms with E-state index in [1.54, 1.807) is 25.0 Å². The second-order valence-corrected chi connectivity index (χ2v) is 6.80. The molecule has 0 aliphatic rings. The van der Waals surface area contributed by atoms with Crippen molar-refractivity contribution in [3.63, 3.8) is 0 Å². The molecule has 140 valence electrons. The summed E-state index contributed by atoms with van der Waals surface area (Å²) in [5.74, 6) is 0. The Morgan fingerprint density at radius 2 is 1.48 bits per heavy atom. The minimum atomic E-state index is -0.281. The molecule has 2 aromatic heterocycles. The number of nitrogens with two attached hydrogens (primary N) is 1. The molecule has 0 atom stereocenters. The van der Waals surface area contributed by atoms with Gasteiger partial charge in [-0.3, -0.25) is 13.9 Å². The lowest BCUT2D eigenvalue weighted by atomic mass is 10.1. The van der Waals surface area contributed by atoms with Crippen molar-refractivity contribution in [3.8, 4) is 0 Å². The van der Waals surface area contributed by atoms with Gasteiger partial charge in [-0.25, -0.2) is 9.78 Å². The van der Waals surface area contributed by atoms with Gasteiger partial charge in [-0.2, -0.15) is 0 Å². The molecule has 0 spiro atoms. The van der Waals surface area contributed by atoms with Crippen LogP contribution in [-0.4, -0.2) is 25.2 Å². The lowest BCUT2D eigenvalue weighted by Gasteiger charge is -2.08. The van der Waals surface area contributed by atoms with Crippen molar-refractivity contribution in [2.24, 2.45) is 19.8 Å². The van der Waals surface area contributed by atoms with Gasteiger partial charge in [-0.15, -0.1) is 0 Å². The van der Waals surface area contributed by atoms with Gasteiger partial charge in [0.1, 0.15) is 0 Å². The Kier molecular flexibility index (Phi) is 7.43. The zero-order valence-corrected chi connectivity index (χ0v) is 15.5. The van der Waals surface area contributed by atoms with Crippen LogP contribution in [0.1, 0.15) is 57.8 Å². The van der Waals surface area contributed by atoms with E-state index in [1.807, 2.05) is 0 Å². The first-order valence-electron chi connectivity index (χ1n) is 9.39. The third kappa shape index (κ3) is 4.81. The predicted molar refractivity (Wildman–Crippen MR) is 101 cm³/mol. The van der Waals surface area contributed by atoms with Gasteiger partial charge in [0.25, 0.3) is 5.56 Å². The van der Waals surface area contributed by atoms with Crippen LogP contribution in [0, 0.1) is 0 Å². The molecule has 2 aromatic rings. The van der Waals surface area contributed by atoms with E-state index in [1.165, 1.54) is 41.2 Å². The van der Waals surface area contributed by atoms with Crippen molar-refractivity contribution in [2.75, 3.05) is 6.54 Å². The van der Waals surface area contributed by atoms with Crippen molar-refractivity contribution >= 4 is 11.2 Å². The van der Waals surface area contributed by atoms with Crippen LogP contribution in [0.15, 0.2) is 15.9 Å². The molecule has 0 aromatic carbocycles. The number of hydrogen-bond donors (Lipinski definition) is 1. The highest BCUT2D eigenvalue weighted by atomic mass is 16.2. The third-order valence-corrected chi connectivity index (χ3v) is 4.79. The first-order valence-corrected chi connectivity index (χ1v) is 9.39. The van der Waals surface area contributed by atoms with Crippen LogP contribution >= 0.6 is 0 Å². The second-order valence-electron chi connectivity index (χ2n) is 6.80. The number of unbranched alkanes of at least 4 members (excludes halogenated alkanes) is 8. The van der Waals surface area contributed by atoms with E-state index in [-0.39, 0.29) is 11.2 Å². The van der Waals surface area contributed by atoms with Gasteiger partial charge < -0.3 is 10.3 Å². The summed E-state index contributed by atoms with van der Waals surface area (Å²) in [7, 11) is 3.44. The molecule has 0 radical (unpaired) electrons. The number of imidazole rings is 1. The highest BCUT2D eigenvalue weighted by Gasteiger charge is 2.14. The zero-order chi connectivity index (χ0) is 18.2. The number of fused-ring (bicyclic) bond motifs is 1. The topological polar surface area (TPSA) is 87.8 Å². The van der Waals surface area contributed by atoms with E-state index < -0.39 is 0 Å². The zero-order valence-electron chi connectivity index (χ0n) is 15.5. The fourth-order valence-electron chi connectivity index (χ4n) is 3.25. The second kappa shape index (κ2) is 9.56. The monoisotopic (exact) mass is 349 g/mol. The number of rotatable bonds is 11. The molecule has 7 nitrogen and oxygen atoms in total. The molecule has 0 saturated carbocycles. The van der Waals surface area contributed by atoms with Gasteiger partial charge in [0.2, 0.25) is 0 Å². The van der Waals surface area contributed by atoms with E-state index in [9.17, 15) is 9.59 Å². The van der Waals surface area contributed by atoms with E-state index in [4.69, 9.17) is 5.73 Å². The molecular weight excluding hydrogens is 318 g/mol. The Balaban J connectivity index is 1.81. The molecule has 0 aliphatic carbocycles. The molecule has 0 saturated heterocycles. The van der Waals surface area contributed by atoms with Crippen molar-refractivity contribution in [1.82, 2.24) is 18.7 Å². The lowest BCUT2D eigenvalue weighted by molar-refractivity contribution is 0.516. The van der Waals surface area contributed by atoms with Crippen molar-refractivity contribution in [2.45, 2.75) is 64.3 Å². The van der Waals surface area contributed by atoms with Gasteiger partial charge >= 0.3 is 5.69 Å². The summed E-state index contributed by atoms with van der Waals surface area (Å²) in [5.41, 5.74) is 5.90. The lowest BCUT2D eigenvalue weighted by Crippen LogP contribution is -2.39. The third-order valence-electron chi connectivity index (χ3n) is 4.79. The summed E-state index contributed by atoms with van der Waals surface area (Å²) < 4.78 is 4.48. The summed E-state index contributed by atoms with van der Waals surface area (Å²) in [6, 6.07) is 0. The standard InChI is InChI=1S/C18H31N5O2/c1-21-14-20-16-15(21)17(24)23(18(25)22(16)2)13-11-9-7-5-3-4-6-8-10-12-19/h14H,3-13,19H2,1-2H3. The summed E-state index contributed by atoms with van der Waals surface area (Å²) in [6.07, 6.45) is 12.0. The van der Waals surface area contributed by atoms with E-state index in [2.05, 4.69) is 4.98 Å².